The molecule has 0 heterocycles. The van der Waals surface area contributed by atoms with Crippen molar-refractivity contribution in [1.29, 1.82) is 0 Å². The second-order valence-electron chi connectivity index (χ2n) is 17.4. The van der Waals surface area contributed by atoms with Gasteiger partial charge in [-0.3, -0.25) is 14.4 Å². The molecule has 0 aromatic heterocycles. The Bertz CT molecular complexity index is 1190. The molecule has 0 saturated carbocycles. The Labute approximate surface area is 389 Å². The summed E-state index contributed by atoms with van der Waals surface area (Å²) in [5.74, 6) is -0.917. The molecule has 0 radical (unpaired) electrons. The fourth-order valence-electron chi connectivity index (χ4n) is 7.19. The van der Waals surface area contributed by atoms with E-state index in [0.29, 0.717) is 19.3 Å². The van der Waals surface area contributed by atoms with E-state index >= 15 is 0 Å². The Morgan fingerprint density at radius 2 is 0.619 bits per heavy atom. The average molecular weight is 879 g/mol. The third-order valence-electron chi connectivity index (χ3n) is 11.2. The number of rotatable bonds is 47. The fraction of sp³-hybridized carbons (Fsp3) is 0.737. The van der Waals surface area contributed by atoms with Gasteiger partial charge in [-0.1, -0.05) is 196 Å². The van der Waals surface area contributed by atoms with Crippen molar-refractivity contribution in [3.05, 3.63) is 72.9 Å². The maximum Gasteiger partial charge on any atom is 0.306 e. The van der Waals surface area contributed by atoms with E-state index in [2.05, 4.69) is 93.7 Å². The average Bonchev–Trinajstić information content (AvgIpc) is 3.28. The van der Waals surface area contributed by atoms with Crippen LogP contribution in [0, 0.1) is 0 Å². The van der Waals surface area contributed by atoms with E-state index in [4.69, 9.17) is 14.2 Å². The number of esters is 3. The minimum Gasteiger partial charge on any atom is -0.462 e. The molecule has 362 valence electrons. The highest BCUT2D eigenvalue weighted by Gasteiger charge is 2.19. The van der Waals surface area contributed by atoms with Gasteiger partial charge in [0.05, 0.1) is 0 Å². The topological polar surface area (TPSA) is 78.9 Å². The lowest BCUT2D eigenvalue weighted by Crippen LogP contribution is -2.30. The summed E-state index contributed by atoms with van der Waals surface area (Å²) in [6, 6.07) is 0. The van der Waals surface area contributed by atoms with E-state index in [1.807, 2.05) is 0 Å². The standard InChI is InChI=1S/C57H98O6/c1-4-7-10-13-16-19-22-25-26-27-28-29-30-33-35-38-41-44-47-50-56(59)62-53-54(63-57(60)51-48-45-42-39-36-32-24-21-18-15-12-9-6-3)52-61-55(58)49-46-43-40-37-34-31-23-20-17-14-11-8-5-2/h7,10,16,19-21,23-26,28-29,54H,4-6,8-9,11-15,17-18,22,27,30-53H2,1-3H3/b10-7-,19-16-,23-20-,24-21-,26-25-,29-28-. The number of carbonyl (C=O) groups excluding carboxylic acids is 3. The van der Waals surface area contributed by atoms with Crippen LogP contribution in [-0.4, -0.2) is 37.2 Å². The molecule has 0 N–H and O–H groups in total. The predicted molar refractivity (Wildman–Crippen MR) is 270 cm³/mol. The van der Waals surface area contributed by atoms with Crippen LogP contribution in [0.3, 0.4) is 0 Å². The number of hydrogen-bond acceptors (Lipinski definition) is 6. The monoisotopic (exact) mass is 879 g/mol. The van der Waals surface area contributed by atoms with Crippen molar-refractivity contribution in [3.8, 4) is 0 Å². The Morgan fingerprint density at radius 1 is 0.333 bits per heavy atom. The molecule has 0 spiro atoms. The molecule has 0 amide bonds. The normalized spacial score (nSPS) is 12.6. The van der Waals surface area contributed by atoms with E-state index in [0.717, 1.165) is 109 Å². The molecular weight excluding hydrogens is 781 g/mol. The zero-order valence-corrected chi connectivity index (χ0v) is 41.3. The first-order valence-corrected chi connectivity index (χ1v) is 26.4. The second kappa shape index (κ2) is 51.5. The molecule has 6 nitrogen and oxygen atoms in total. The van der Waals surface area contributed by atoms with Crippen molar-refractivity contribution in [2.75, 3.05) is 13.2 Å². The van der Waals surface area contributed by atoms with Crippen LogP contribution in [0.2, 0.25) is 0 Å². The highest BCUT2D eigenvalue weighted by molar-refractivity contribution is 5.71. The van der Waals surface area contributed by atoms with Crippen LogP contribution < -0.4 is 0 Å². The third-order valence-corrected chi connectivity index (χ3v) is 11.2. The Morgan fingerprint density at radius 3 is 0.984 bits per heavy atom. The van der Waals surface area contributed by atoms with Crippen molar-refractivity contribution in [3.63, 3.8) is 0 Å². The summed E-state index contributed by atoms with van der Waals surface area (Å²) in [4.78, 5) is 38.0. The first kappa shape index (κ1) is 59.9. The van der Waals surface area contributed by atoms with Crippen LogP contribution in [-0.2, 0) is 28.6 Å². The van der Waals surface area contributed by atoms with Crippen LogP contribution in [0.25, 0.3) is 0 Å². The van der Waals surface area contributed by atoms with Crippen LogP contribution in [0.4, 0.5) is 0 Å². The second-order valence-corrected chi connectivity index (χ2v) is 17.4. The molecule has 0 fully saturated rings. The third kappa shape index (κ3) is 49.7. The summed E-state index contributed by atoms with van der Waals surface area (Å²) in [6.07, 6.45) is 64.5. The van der Waals surface area contributed by atoms with E-state index in [1.165, 1.54) is 103 Å². The van der Waals surface area contributed by atoms with Crippen molar-refractivity contribution < 1.29 is 28.6 Å². The number of allylic oxidation sites excluding steroid dienone is 12. The molecule has 0 aliphatic carbocycles. The van der Waals surface area contributed by atoms with Gasteiger partial charge in [-0.2, -0.15) is 0 Å². The minimum absolute atomic E-state index is 0.0876. The largest absolute Gasteiger partial charge is 0.462 e. The predicted octanol–water partition coefficient (Wildman–Crippen LogP) is 17.4. The van der Waals surface area contributed by atoms with E-state index < -0.39 is 6.10 Å². The van der Waals surface area contributed by atoms with Gasteiger partial charge in [0.25, 0.3) is 0 Å². The van der Waals surface area contributed by atoms with Crippen molar-refractivity contribution in [1.82, 2.24) is 0 Å². The first-order valence-electron chi connectivity index (χ1n) is 26.4. The molecule has 0 aromatic carbocycles. The lowest BCUT2D eigenvalue weighted by molar-refractivity contribution is -0.167. The Kier molecular flexibility index (Phi) is 48.9. The molecule has 0 aromatic rings. The van der Waals surface area contributed by atoms with Gasteiger partial charge in [0.1, 0.15) is 13.2 Å². The fourth-order valence-corrected chi connectivity index (χ4v) is 7.19. The Balaban J connectivity index is 4.40. The smallest absolute Gasteiger partial charge is 0.306 e. The van der Waals surface area contributed by atoms with E-state index in [9.17, 15) is 14.4 Å². The number of unbranched alkanes of at least 4 members (excludes halogenated alkanes) is 24. The maximum atomic E-state index is 12.8. The van der Waals surface area contributed by atoms with E-state index in [1.54, 1.807) is 0 Å². The Hall–Kier alpha value is -3.15. The number of carbonyl (C=O) groups is 3. The molecular formula is C57H98O6. The lowest BCUT2D eigenvalue weighted by atomic mass is 10.1. The summed E-state index contributed by atoms with van der Waals surface area (Å²) >= 11 is 0. The van der Waals surface area contributed by atoms with Gasteiger partial charge in [0.15, 0.2) is 6.10 Å². The summed E-state index contributed by atoms with van der Waals surface area (Å²) < 4.78 is 16.8. The highest BCUT2D eigenvalue weighted by Crippen LogP contribution is 2.14. The molecule has 0 aliphatic heterocycles. The molecule has 1 atom stereocenters. The van der Waals surface area contributed by atoms with Crippen LogP contribution in [0.15, 0.2) is 72.9 Å². The number of hydrogen-bond donors (Lipinski definition) is 0. The molecule has 6 heteroatoms. The molecule has 1 unspecified atom stereocenters. The van der Waals surface area contributed by atoms with Crippen LogP contribution in [0.5, 0.6) is 0 Å². The van der Waals surface area contributed by atoms with Crippen molar-refractivity contribution >= 4 is 17.9 Å². The van der Waals surface area contributed by atoms with Gasteiger partial charge in [0.2, 0.25) is 0 Å². The first-order chi connectivity index (χ1) is 31.0. The van der Waals surface area contributed by atoms with Crippen LogP contribution >= 0.6 is 0 Å². The van der Waals surface area contributed by atoms with Crippen molar-refractivity contribution in [2.45, 2.75) is 258 Å². The van der Waals surface area contributed by atoms with Crippen molar-refractivity contribution in [2.24, 2.45) is 0 Å². The summed E-state index contributed by atoms with van der Waals surface area (Å²) in [5.41, 5.74) is 0. The highest BCUT2D eigenvalue weighted by atomic mass is 16.6. The number of ether oxygens (including phenoxy) is 3. The minimum atomic E-state index is -0.788. The summed E-state index contributed by atoms with van der Waals surface area (Å²) in [7, 11) is 0. The van der Waals surface area contributed by atoms with Gasteiger partial charge in [0, 0.05) is 19.3 Å². The van der Waals surface area contributed by atoms with Gasteiger partial charge in [-0.05, 0) is 109 Å². The molecule has 63 heavy (non-hydrogen) atoms. The van der Waals surface area contributed by atoms with Gasteiger partial charge in [-0.15, -0.1) is 0 Å². The van der Waals surface area contributed by atoms with Crippen LogP contribution in [0.1, 0.15) is 252 Å². The van der Waals surface area contributed by atoms with Gasteiger partial charge < -0.3 is 14.2 Å². The molecule has 0 rings (SSSR count). The zero-order chi connectivity index (χ0) is 45.8. The SMILES string of the molecule is CC/C=C\C/C=C\C/C=C\C/C=C\CCCCCCCCC(=O)OCC(COC(=O)CCCCCCC/C=C\CCCCCC)OC(=O)CCCCCCC/C=C\CCCCCC. The molecule has 0 saturated heterocycles. The van der Waals surface area contributed by atoms with E-state index in [-0.39, 0.29) is 31.1 Å². The zero-order valence-electron chi connectivity index (χ0n) is 41.3. The van der Waals surface area contributed by atoms with Gasteiger partial charge >= 0.3 is 17.9 Å². The lowest BCUT2D eigenvalue weighted by Gasteiger charge is -2.18. The van der Waals surface area contributed by atoms with Gasteiger partial charge in [-0.25, -0.2) is 0 Å². The maximum absolute atomic E-state index is 12.8. The quantitative estimate of drug-likeness (QED) is 0.0262. The summed E-state index contributed by atoms with van der Waals surface area (Å²) in [5, 5.41) is 0. The summed E-state index contributed by atoms with van der Waals surface area (Å²) in [6.45, 7) is 6.47. The molecule has 0 aliphatic rings. The molecule has 0 bridgehead atoms.